The number of hydrogen-bond acceptors (Lipinski definition) is 6. The third-order valence-electron chi connectivity index (χ3n) is 3.36. The molecule has 0 aliphatic carbocycles. The van der Waals surface area contributed by atoms with Gasteiger partial charge in [-0.15, -0.1) is 0 Å². The molecule has 0 radical (unpaired) electrons. The molecule has 0 spiro atoms. The van der Waals surface area contributed by atoms with E-state index in [1.54, 1.807) is 20.8 Å². The van der Waals surface area contributed by atoms with Crippen molar-refractivity contribution in [3.8, 4) is 0 Å². The summed E-state index contributed by atoms with van der Waals surface area (Å²) in [6, 6.07) is 1.20. The van der Waals surface area contributed by atoms with Gasteiger partial charge in [-0.3, -0.25) is 19.1 Å². The summed E-state index contributed by atoms with van der Waals surface area (Å²) in [5.74, 6) is -0.395. The molecule has 1 aromatic rings. The monoisotopic (exact) mass is 312 g/mol. The molecule has 122 valence electrons. The SMILES string of the molecule is CC(C)(C)C(=O)OC[C@H]1O[C@@H](n2ccc(=O)[nH]c2=O)C[C@@H]1O. The van der Waals surface area contributed by atoms with E-state index >= 15 is 0 Å². The Labute approximate surface area is 126 Å². The van der Waals surface area contributed by atoms with E-state index in [0.29, 0.717) is 0 Å². The Morgan fingerprint density at radius 3 is 2.77 bits per heavy atom. The minimum atomic E-state index is -0.864. The molecular weight excluding hydrogens is 292 g/mol. The average Bonchev–Trinajstić information content (AvgIpc) is 2.76. The fraction of sp³-hybridized carbons (Fsp3) is 0.643. The van der Waals surface area contributed by atoms with E-state index in [-0.39, 0.29) is 13.0 Å². The number of aliphatic hydroxyl groups excluding tert-OH is 1. The fourth-order valence-electron chi connectivity index (χ4n) is 2.06. The van der Waals surface area contributed by atoms with Crippen molar-refractivity contribution in [1.29, 1.82) is 0 Å². The van der Waals surface area contributed by atoms with Gasteiger partial charge in [-0.1, -0.05) is 0 Å². The highest BCUT2D eigenvalue weighted by molar-refractivity contribution is 5.75. The predicted molar refractivity (Wildman–Crippen MR) is 76.3 cm³/mol. The number of hydrogen-bond donors (Lipinski definition) is 2. The first-order chi connectivity index (χ1) is 10.2. The molecule has 0 unspecified atom stereocenters. The standard InChI is InChI=1S/C14H20N2O6/c1-14(2,3)12(19)21-7-9-8(17)6-11(22-9)16-5-4-10(18)15-13(16)20/h4-5,8-9,11,17H,6-7H2,1-3H3,(H,15,18,20)/t8-,9+,11+/m0/s1. The number of rotatable bonds is 3. The molecular formula is C14H20N2O6. The van der Waals surface area contributed by atoms with Crippen LogP contribution in [0.15, 0.2) is 21.9 Å². The number of ether oxygens (including phenoxy) is 2. The number of aromatic amines is 1. The summed E-state index contributed by atoms with van der Waals surface area (Å²) in [6.45, 7) is 5.09. The van der Waals surface area contributed by atoms with Crippen molar-refractivity contribution in [1.82, 2.24) is 9.55 Å². The van der Waals surface area contributed by atoms with Gasteiger partial charge in [0.2, 0.25) is 0 Å². The third-order valence-corrected chi connectivity index (χ3v) is 3.36. The highest BCUT2D eigenvalue weighted by Crippen LogP contribution is 2.28. The first kappa shape index (κ1) is 16.4. The van der Waals surface area contributed by atoms with Gasteiger partial charge in [0.05, 0.1) is 11.5 Å². The molecule has 0 aromatic carbocycles. The van der Waals surface area contributed by atoms with Gasteiger partial charge in [-0.25, -0.2) is 4.79 Å². The number of H-pyrrole nitrogens is 1. The van der Waals surface area contributed by atoms with Crippen molar-refractivity contribution in [2.24, 2.45) is 5.41 Å². The second-order valence-electron chi connectivity index (χ2n) is 6.30. The maximum absolute atomic E-state index is 11.7. The van der Waals surface area contributed by atoms with Crippen LogP contribution < -0.4 is 11.2 Å². The molecule has 1 aromatic heterocycles. The van der Waals surface area contributed by atoms with Crippen molar-refractivity contribution in [2.45, 2.75) is 45.6 Å². The molecule has 1 aliphatic rings. The molecule has 2 heterocycles. The lowest BCUT2D eigenvalue weighted by molar-refractivity contribution is -0.159. The van der Waals surface area contributed by atoms with Crippen LogP contribution in [0.25, 0.3) is 0 Å². The Balaban J connectivity index is 2.02. The molecule has 8 nitrogen and oxygen atoms in total. The summed E-state index contributed by atoms with van der Waals surface area (Å²) in [5, 5.41) is 9.98. The number of carbonyl (C=O) groups is 1. The van der Waals surface area contributed by atoms with Crippen LogP contribution in [0.4, 0.5) is 0 Å². The largest absolute Gasteiger partial charge is 0.462 e. The van der Waals surface area contributed by atoms with E-state index in [2.05, 4.69) is 4.98 Å². The number of aliphatic hydroxyl groups is 1. The molecule has 2 rings (SSSR count). The zero-order valence-corrected chi connectivity index (χ0v) is 12.7. The summed E-state index contributed by atoms with van der Waals surface area (Å²) in [4.78, 5) is 36.6. The molecule has 1 fully saturated rings. The minimum Gasteiger partial charge on any atom is -0.462 e. The third kappa shape index (κ3) is 3.63. The van der Waals surface area contributed by atoms with Crippen molar-refractivity contribution < 1.29 is 19.4 Å². The lowest BCUT2D eigenvalue weighted by Gasteiger charge is -2.20. The Morgan fingerprint density at radius 2 is 2.18 bits per heavy atom. The number of esters is 1. The number of nitrogens with zero attached hydrogens (tertiary/aromatic N) is 1. The van der Waals surface area contributed by atoms with Gasteiger partial charge in [-0.05, 0) is 20.8 Å². The van der Waals surface area contributed by atoms with Crippen molar-refractivity contribution in [3.05, 3.63) is 33.1 Å². The van der Waals surface area contributed by atoms with Gasteiger partial charge in [0.15, 0.2) is 0 Å². The van der Waals surface area contributed by atoms with Gasteiger partial charge >= 0.3 is 11.7 Å². The van der Waals surface area contributed by atoms with E-state index in [1.165, 1.54) is 16.8 Å². The normalized spacial score (nSPS) is 25.2. The number of nitrogens with one attached hydrogen (secondary N) is 1. The quantitative estimate of drug-likeness (QED) is 0.746. The van der Waals surface area contributed by atoms with Crippen LogP contribution in [0.2, 0.25) is 0 Å². The summed E-state index contributed by atoms with van der Waals surface area (Å²) >= 11 is 0. The van der Waals surface area contributed by atoms with Crippen LogP contribution in [-0.2, 0) is 14.3 Å². The van der Waals surface area contributed by atoms with Gasteiger partial charge in [0.25, 0.3) is 5.56 Å². The first-order valence-corrected chi connectivity index (χ1v) is 7.00. The van der Waals surface area contributed by atoms with Crippen molar-refractivity contribution >= 4 is 5.97 Å². The Morgan fingerprint density at radius 1 is 1.50 bits per heavy atom. The number of carbonyl (C=O) groups excluding carboxylic acids is 1. The smallest absolute Gasteiger partial charge is 0.330 e. The second-order valence-corrected chi connectivity index (χ2v) is 6.30. The molecule has 22 heavy (non-hydrogen) atoms. The Kier molecular flexibility index (Phi) is 4.52. The zero-order chi connectivity index (χ0) is 16.5. The Bertz CT molecular complexity index is 656. The second kappa shape index (κ2) is 6.05. The molecule has 8 heteroatoms. The van der Waals surface area contributed by atoms with Crippen molar-refractivity contribution in [2.75, 3.05) is 6.61 Å². The average molecular weight is 312 g/mol. The summed E-state index contributed by atoms with van der Waals surface area (Å²) in [5.41, 5.74) is -1.76. The number of aromatic nitrogens is 2. The van der Waals surface area contributed by atoms with Gasteiger partial charge in [0.1, 0.15) is 18.9 Å². The van der Waals surface area contributed by atoms with Gasteiger partial charge < -0.3 is 14.6 Å². The summed E-state index contributed by atoms with van der Waals surface area (Å²) < 4.78 is 11.9. The van der Waals surface area contributed by atoms with E-state index < -0.39 is 41.1 Å². The van der Waals surface area contributed by atoms with Crippen LogP contribution in [0.5, 0.6) is 0 Å². The molecule has 0 bridgehead atoms. The molecule has 0 amide bonds. The van der Waals surface area contributed by atoms with Crippen LogP contribution >= 0.6 is 0 Å². The minimum absolute atomic E-state index is 0.0914. The van der Waals surface area contributed by atoms with E-state index in [1.807, 2.05) is 0 Å². The highest BCUT2D eigenvalue weighted by Gasteiger charge is 2.37. The lowest BCUT2D eigenvalue weighted by Crippen LogP contribution is -2.33. The fourth-order valence-corrected chi connectivity index (χ4v) is 2.06. The molecule has 2 N–H and O–H groups in total. The molecule has 0 saturated carbocycles. The molecule has 1 aliphatic heterocycles. The lowest BCUT2D eigenvalue weighted by atomic mass is 9.97. The van der Waals surface area contributed by atoms with Crippen LogP contribution in [0.3, 0.4) is 0 Å². The topological polar surface area (TPSA) is 111 Å². The van der Waals surface area contributed by atoms with Crippen LogP contribution in [0.1, 0.15) is 33.4 Å². The van der Waals surface area contributed by atoms with Gasteiger partial charge in [0, 0.05) is 18.7 Å². The molecule has 1 saturated heterocycles. The summed E-state index contributed by atoms with van der Waals surface area (Å²) in [6.07, 6.45) is -0.810. The van der Waals surface area contributed by atoms with Crippen LogP contribution in [0, 0.1) is 5.41 Å². The van der Waals surface area contributed by atoms with Gasteiger partial charge in [-0.2, -0.15) is 0 Å². The maximum Gasteiger partial charge on any atom is 0.330 e. The van der Waals surface area contributed by atoms with Crippen LogP contribution in [-0.4, -0.2) is 39.4 Å². The first-order valence-electron chi connectivity index (χ1n) is 7.00. The Hall–Kier alpha value is -1.93. The van der Waals surface area contributed by atoms with E-state index in [9.17, 15) is 19.5 Å². The zero-order valence-electron chi connectivity index (χ0n) is 12.7. The predicted octanol–water partition coefficient (Wildman–Crippen LogP) is -0.226. The van der Waals surface area contributed by atoms with E-state index in [0.717, 1.165) is 0 Å². The van der Waals surface area contributed by atoms with E-state index in [4.69, 9.17) is 9.47 Å². The highest BCUT2D eigenvalue weighted by atomic mass is 16.6. The summed E-state index contributed by atoms with van der Waals surface area (Å²) in [7, 11) is 0. The molecule has 3 atom stereocenters. The van der Waals surface area contributed by atoms with Crippen molar-refractivity contribution in [3.63, 3.8) is 0 Å². The maximum atomic E-state index is 11.7.